The fourth-order valence-electron chi connectivity index (χ4n) is 2.26. The molecular weight excluding hydrogens is 250 g/mol. The predicted octanol–water partition coefficient (Wildman–Crippen LogP) is 3.68. The highest BCUT2D eigenvalue weighted by molar-refractivity contribution is 5.82. The number of aryl methyl sites for hydroxylation is 1. The molecular formula is C17H23NO2. The maximum Gasteiger partial charge on any atom is 0.134 e. The molecule has 1 aromatic carbocycles. The van der Waals surface area contributed by atoms with Gasteiger partial charge in [0.2, 0.25) is 0 Å². The van der Waals surface area contributed by atoms with E-state index in [1.54, 1.807) is 0 Å². The van der Waals surface area contributed by atoms with Crippen LogP contribution in [0.4, 0.5) is 0 Å². The molecule has 0 amide bonds. The third kappa shape index (κ3) is 3.71. The van der Waals surface area contributed by atoms with Crippen molar-refractivity contribution in [2.24, 2.45) is 0 Å². The minimum absolute atomic E-state index is 0.727. The summed E-state index contributed by atoms with van der Waals surface area (Å²) in [6, 6.07) is 8.21. The summed E-state index contributed by atoms with van der Waals surface area (Å²) >= 11 is 0. The highest BCUT2D eigenvalue weighted by atomic mass is 16.5. The Bertz CT molecular complexity index is 545. The van der Waals surface area contributed by atoms with Gasteiger partial charge in [-0.2, -0.15) is 0 Å². The van der Waals surface area contributed by atoms with E-state index in [1.165, 1.54) is 10.9 Å². The van der Waals surface area contributed by atoms with Crippen LogP contribution in [0, 0.1) is 0 Å². The van der Waals surface area contributed by atoms with Gasteiger partial charge in [-0.3, -0.25) is 0 Å². The minimum Gasteiger partial charge on any atom is -0.461 e. The van der Waals surface area contributed by atoms with Gasteiger partial charge in [0.25, 0.3) is 0 Å². The number of furan rings is 1. The van der Waals surface area contributed by atoms with Crippen molar-refractivity contribution in [2.45, 2.75) is 26.3 Å². The molecule has 0 aliphatic carbocycles. The zero-order valence-electron chi connectivity index (χ0n) is 12.2. The zero-order chi connectivity index (χ0) is 14.2. The van der Waals surface area contributed by atoms with Crippen LogP contribution in [0.2, 0.25) is 0 Å². The lowest BCUT2D eigenvalue weighted by atomic mass is 10.1. The monoisotopic (exact) mass is 273 g/mol. The van der Waals surface area contributed by atoms with E-state index in [2.05, 4.69) is 31.0 Å². The van der Waals surface area contributed by atoms with Crippen molar-refractivity contribution in [3.63, 3.8) is 0 Å². The molecule has 3 heteroatoms. The number of rotatable bonds is 9. The number of para-hydroxylation sites is 1. The predicted molar refractivity (Wildman–Crippen MR) is 82.9 cm³/mol. The van der Waals surface area contributed by atoms with Crippen LogP contribution >= 0.6 is 0 Å². The summed E-state index contributed by atoms with van der Waals surface area (Å²) in [5.74, 6) is 1.08. The number of nitrogens with one attached hydrogen (secondary N) is 1. The van der Waals surface area contributed by atoms with Gasteiger partial charge in [0.15, 0.2) is 0 Å². The Morgan fingerprint density at radius 1 is 1.30 bits per heavy atom. The lowest BCUT2D eigenvalue weighted by molar-refractivity contribution is 0.140. The molecule has 108 valence electrons. The van der Waals surface area contributed by atoms with E-state index in [-0.39, 0.29) is 0 Å². The van der Waals surface area contributed by atoms with Gasteiger partial charge < -0.3 is 14.5 Å². The van der Waals surface area contributed by atoms with Crippen LogP contribution in [0.15, 0.2) is 41.3 Å². The first-order valence-corrected chi connectivity index (χ1v) is 7.25. The number of fused-ring (bicyclic) bond motifs is 1. The first kappa shape index (κ1) is 14.8. The Hall–Kier alpha value is -1.58. The van der Waals surface area contributed by atoms with E-state index in [0.29, 0.717) is 0 Å². The van der Waals surface area contributed by atoms with Crippen molar-refractivity contribution in [1.82, 2.24) is 5.32 Å². The summed E-state index contributed by atoms with van der Waals surface area (Å²) in [5, 5.41) is 4.63. The van der Waals surface area contributed by atoms with Crippen LogP contribution in [0.25, 0.3) is 11.0 Å². The second-order valence-electron chi connectivity index (χ2n) is 4.72. The zero-order valence-corrected chi connectivity index (χ0v) is 12.2. The smallest absolute Gasteiger partial charge is 0.134 e. The van der Waals surface area contributed by atoms with Crippen LogP contribution in [0.5, 0.6) is 0 Å². The van der Waals surface area contributed by atoms with E-state index in [0.717, 1.165) is 50.5 Å². The van der Waals surface area contributed by atoms with Gasteiger partial charge in [-0.25, -0.2) is 0 Å². The van der Waals surface area contributed by atoms with Crippen molar-refractivity contribution in [2.75, 3.05) is 19.8 Å². The quantitative estimate of drug-likeness (QED) is 0.559. The lowest BCUT2D eigenvalue weighted by Crippen LogP contribution is -2.19. The molecule has 0 saturated carbocycles. The van der Waals surface area contributed by atoms with Crippen LogP contribution in [-0.4, -0.2) is 19.8 Å². The minimum atomic E-state index is 0.727. The Labute approximate surface area is 120 Å². The van der Waals surface area contributed by atoms with E-state index in [1.807, 2.05) is 18.2 Å². The van der Waals surface area contributed by atoms with Crippen molar-refractivity contribution >= 4 is 11.0 Å². The summed E-state index contributed by atoms with van der Waals surface area (Å²) in [5.41, 5.74) is 2.25. The van der Waals surface area contributed by atoms with Crippen molar-refractivity contribution < 1.29 is 9.15 Å². The molecule has 0 aliphatic heterocycles. The number of hydrogen-bond acceptors (Lipinski definition) is 3. The van der Waals surface area contributed by atoms with E-state index < -0.39 is 0 Å². The van der Waals surface area contributed by atoms with Gasteiger partial charge in [-0.1, -0.05) is 31.2 Å². The number of hydrogen-bond donors (Lipinski definition) is 1. The SMILES string of the molecule is C=CCCOCCNCc1c(CC)oc2ccccc12. The van der Waals surface area contributed by atoms with Crippen molar-refractivity contribution in [3.8, 4) is 0 Å². The van der Waals surface area contributed by atoms with E-state index in [9.17, 15) is 0 Å². The van der Waals surface area contributed by atoms with Crippen LogP contribution in [0.1, 0.15) is 24.7 Å². The largest absolute Gasteiger partial charge is 0.461 e. The van der Waals surface area contributed by atoms with Gasteiger partial charge in [0.1, 0.15) is 11.3 Å². The summed E-state index contributed by atoms with van der Waals surface area (Å²) in [7, 11) is 0. The highest BCUT2D eigenvalue weighted by Crippen LogP contribution is 2.25. The normalized spacial score (nSPS) is 11.1. The van der Waals surface area contributed by atoms with Gasteiger partial charge in [0.05, 0.1) is 13.2 Å². The second kappa shape index (κ2) is 7.88. The summed E-state index contributed by atoms with van der Waals surface area (Å²) in [4.78, 5) is 0. The first-order chi connectivity index (χ1) is 9.86. The molecule has 20 heavy (non-hydrogen) atoms. The average Bonchev–Trinajstić information content (AvgIpc) is 2.84. The lowest BCUT2D eigenvalue weighted by Gasteiger charge is -2.06. The molecule has 0 atom stereocenters. The van der Waals surface area contributed by atoms with Crippen LogP contribution in [0.3, 0.4) is 0 Å². The summed E-state index contributed by atoms with van der Waals surface area (Å²) in [6.07, 6.45) is 3.70. The van der Waals surface area contributed by atoms with Crippen molar-refractivity contribution in [1.29, 1.82) is 0 Å². The van der Waals surface area contributed by atoms with Gasteiger partial charge >= 0.3 is 0 Å². The second-order valence-corrected chi connectivity index (χ2v) is 4.72. The Morgan fingerprint density at radius 3 is 2.95 bits per heavy atom. The Kier molecular flexibility index (Phi) is 5.84. The molecule has 0 radical (unpaired) electrons. The third-order valence-corrected chi connectivity index (χ3v) is 3.29. The number of ether oxygens (including phenoxy) is 1. The van der Waals surface area contributed by atoms with Crippen LogP contribution < -0.4 is 5.32 Å². The maximum atomic E-state index is 5.88. The molecule has 0 unspecified atom stereocenters. The molecule has 1 N–H and O–H groups in total. The van der Waals surface area contributed by atoms with Gasteiger partial charge in [-0.15, -0.1) is 6.58 Å². The first-order valence-electron chi connectivity index (χ1n) is 7.25. The van der Waals surface area contributed by atoms with Gasteiger partial charge in [0, 0.05) is 30.5 Å². The maximum absolute atomic E-state index is 5.88. The molecule has 2 rings (SSSR count). The molecule has 2 aromatic rings. The molecule has 1 aromatic heterocycles. The summed E-state index contributed by atoms with van der Waals surface area (Å²) in [6.45, 7) is 8.94. The van der Waals surface area contributed by atoms with E-state index in [4.69, 9.17) is 9.15 Å². The molecule has 0 saturated heterocycles. The van der Waals surface area contributed by atoms with Crippen LogP contribution in [-0.2, 0) is 17.7 Å². The molecule has 1 heterocycles. The standard InChI is InChI=1S/C17H23NO2/c1-3-5-11-19-12-10-18-13-15-14-8-6-7-9-17(14)20-16(15)4-2/h3,6-9,18H,1,4-5,10-13H2,2H3. The fraction of sp³-hybridized carbons (Fsp3) is 0.412. The Balaban J connectivity index is 1.87. The molecule has 0 aliphatic rings. The number of benzene rings is 1. The topological polar surface area (TPSA) is 34.4 Å². The van der Waals surface area contributed by atoms with E-state index >= 15 is 0 Å². The molecule has 0 bridgehead atoms. The summed E-state index contributed by atoms with van der Waals surface area (Å²) < 4.78 is 11.4. The van der Waals surface area contributed by atoms with Gasteiger partial charge in [-0.05, 0) is 12.5 Å². The molecule has 3 nitrogen and oxygen atoms in total. The fourth-order valence-corrected chi connectivity index (χ4v) is 2.26. The van der Waals surface area contributed by atoms with Crippen molar-refractivity contribution in [3.05, 3.63) is 48.2 Å². The highest BCUT2D eigenvalue weighted by Gasteiger charge is 2.11. The third-order valence-electron chi connectivity index (χ3n) is 3.29. The average molecular weight is 273 g/mol. The molecule has 0 fully saturated rings. The Morgan fingerprint density at radius 2 is 2.15 bits per heavy atom. The molecule has 0 spiro atoms.